The molecule has 1 aliphatic carbocycles. The molecular formula is C40H48N6O6. The van der Waals surface area contributed by atoms with Crippen molar-refractivity contribution < 1.29 is 28.7 Å². The van der Waals surface area contributed by atoms with Crippen molar-refractivity contribution >= 4 is 41.2 Å². The van der Waals surface area contributed by atoms with Crippen LogP contribution in [0.25, 0.3) is 0 Å². The van der Waals surface area contributed by atoms with E-state index in [-0.39, 0.29) is 43.3 Å². The van der Waals surface area contributed by atoms with Gasteiger partial charge in [0.15, 0.2) is 0 Å². The molecular weight excluding hydrogens is 660 g/mol. The average molecular weight is 709 g/mol. The lowest BCUT2D eigenvalue weighted by Gasteiger charge is -2.41. The summed E-state index contributed by atoms with van der Waals surface area (Å²) in [5.74, 6) is -0.0306. The molecule has 3 heterocycles. The van der Waals surface area contributed by atoms with Gasteiger partial charge in [0.1, 0.15) is 18.0 Å². The zero-order valence-corrected chi connectivity index (χ0v) is 30.9. The Bertz CT molecular complexity index is 1910. The number of nitrogens with zero attached hydrogens (tertiary/aromatic N) is 4. The third kappa shape index (κ3) is 7.51. The third-order valence-corrected chi connectivity index (χ3v) is 10.5. The number of carbonyl (C=O) groups is 5. The van der Waals surface area contributed by atoms with Crippen LogP contribution in [0.15, 0.2) is 60.8 Å². The summed E-state index contributed by atoms with van der Waals surface area (Å²) in [6, 6.07) is 17.0. The van der Waals surface area contributed by atoms with Crippen LogP contribution in [0.2, 0.25) is 0 Å². The third-order valence-electron chi connectivity index (χ3n) is 10.5. The second-order valence-electron chi connectivity index (χ2n) is 15.7. The summed E-state index contributed by atoms with van der Waals surface area (Å²) in [6.07, 6.45) is 3.19. The number of hydrogen-bond donors (Lipinski definition) is 2. The van der Waals surface area contributed by atoms with Gasteiger partial charge in [0.25, 0.3) is 0 Å². The average Bonchev–Trinajstić information content (AvgIpc) is 3.60. The highest BCUT2D eigenvalue weighted by Gasteiger charge is 2.51. The van der Waals surface area contributed by atoms with Gasteiger partial charge in [-0.2, -0.15) is 0 Å². The molecule has 274 valence electrons. The van der Waals surface area contributed by atoms with Crippen molar-refractivity contribution in [3.63, 3.8) is 0 Å². The van der Waals surface area contributed by atoms with E-state index < -0.39 is 22.5 Å². The summed E-state index contributed by atoms with van der Waals surface area (Å²) in [5.41, 5.74) is 2.96. The number of nitrogens with one attached hydrogen (secondary N) is 2. The molecule has 0 saturated carbocycles. The van der Waals surface area contributed by atoms with Gasteiger partial charge in [0.2, 0.25) is 23.6 Å². The van der Waals surface area contributed by atoms with Crippen molar-refractivity contribution in [1.29, 1.82) is 0 Å². The summed E-state index contributed by atoms with van der Waals surface area (Å²) in [4.78, 5) is 75.4. The number of hydrogen-bond acceptors (Lipinski definition) is 7. The highest BCUT2D eigenvalue weighted by molar-refractivity contribution is 6.06. The first-order valence-electron chi connectivity index (χ1n) is 17.8. The molecule has 12 heteroatoms. The molecule has 1 fully saturated rings. The van der Waals surface area contributed by atoms with E-state index in [4.69, 9.17) is 4.74 Å². The predicted octanol–water partition coefficient (Wildman–Crippen LogP) is 5.05. The first-order chi connectivity index (χ1) is 24.6. The fourth-order valence-corrected chi connectivity index (χ4v) is 7.56. The zero-order valence-electron chi connectivity index (χ0n) is 30.9. The smallest absolute Gasteiger partial charge is 0.410 e. The molecule has 2 aromatic carbocycles. The molecule has 2 N–H and O–H groups in total. The number of fused-ring (bicyclic) bond motifs is 3. The van der Waals surface area contributed by atoms with E-state index in [0.717, 1.165) is 27.8 Å². The van der Waals surface area contributed by atoms with E-state index in [9.17, 15) is 24.0 Å². The lowest BCUT2D eigenvalue weighted by molar-refractivity contribution is -0.148. The normalized spacial score (nSPS) is 18.7. The monoisotopic (exact) mass is 708 g/mol. The van der Waals surface area contributed by atoms with Gasteiger partial charge in [-0.15, -0.1) is 0 Å². The standard InChI is InChI=1S/C40H48N6O6/c1-26(47)45-18-15-39(5,16-19-45)36(50)46(24-29-11-8-7-10-28(29)23-44(6)37(51)52-38(2,3)4)25-33(48)42-31-14-13-27-21-40(22-30(27)20-31)32-12-9-17-41-34(32)43-35(40)49/h7-14,17,20H,15-16,18-19,21-25H2,1-6H3,(H,42,48)(H,41,43,49). The fourth-order valence-electron chi connectivity index (χ4n) is 7.56. The summed E-state index contributed by atoms with van der Waals surface area (Å²) >= 11 is 0. The number of rotatable bonds is 8. The molecule has 1 saturated heterocycles. The lowest BCUT2D eigenvalue weighted by atomic mass is 9.78. The van der Waals surface area contributed by atoms with Crippen molar-refractivity contribution in [3.05, 3.63) is 88.6 Å². The number of pyridine rings is 1. The molecule has 0 bridgehead atoms. The van der Waals surface area contributed by atoms with Crippen LogP contribution in [-0.4, -0.2) is 81.7 Å². The molecule has 1 spiro atoms. The molecule has 52 heavy (non-hydrogen) atoms. The van der Waals surface area contributed by atoms with Gasteiger partial charge in [0.05, 0.1) is 5.41 Å². The maximum absolute atomic E-state index is 14.4. The molecule has 0 radical (unpaired) electrons. The Morgan fingerprint density at radius 3 is 2.31 bits per heavy atom. The van der Waals surface area contributed by atoms with Crippen LogP contribution in [0.3, 0.4) is 0 Å². The van der Waals surface area contributed by atoms with Gasteiger partial charge in [0, 0.05) is 63.0 Å². The molecule has 6 rings (SSSR count). The quantitative estimate of drug-likeness (QED) is 0.334. The largest absolute Gasteiger partial charge is 0.444 e. The van der Waals surface area contributed by atoms with Crippen molar-refractivity contribution in [2.75, 3.05) is 37.3 Å². The van der Waals surface area contributed by atoms with Crippen molar-refractivity contribution in [1.82, 2.24) is 19.7 Å². The topological polar surface area (TPSA) is 141 Å². The van der Waals surface area contributed by atoms with E-state index in [1.807, 2.05) is 82.3 Å². The second kappa shape index (κ2) is 14.0. The van der Waals surface area contributed by atoms with Gasteiger partial charge < -0.3 is 30.1 Å². The Morgan fingerprint density at radius 2 is 1.63 bits per heavy atom. The Hall–Kier alpha value is -5.26. The number of amides is 5. The van der Waals surface area contributed by atoms with Gasteiger partial charge in [-0.3, -0.25) is 19.2 Å². The summed E-state index contributed by atoms with van der Waals surface area (Å²) in [7, 11) is 1.66. The van der Waals surface area contributed by atoms with E-state index in [1.165, 1.54) is 11.8 Å². The molecule has 3 aliphatic rings. The van der Waals surface area contributed by atoms with Crippen LogP contribution in [-0.2, 0) is 55.3 Å². The van der Waals surface area contributed by atoms with Crippen LogP contribution < -0.4 is 10.6 Å². The van der Waals surface area contributed by atoms with E-state index in [1.54, 1.807) is 23.0 Å². The van der Waals surface area contributed by atoms with Crippen molar-refractivity contribution in [2.45, 2.75) is 84.4 Å². The Morgan fingerprint density at radius 1 is 0.962 bits per heavy atom. The van der Waals surface area contributed by atoms with Gasteiger partial charge in [-0.1, -0.05) is 43.3 Å². The molecule has 3 aromatic rings. The van der Waals surface area contributed by atoms with Crippen LogP contribution in [0.4, 0.5) is 16.3 Å². The maximum Gasteiger partial charge on any atom is 0.410 e. The van der Waals surface area contributed by atoms with Crippen LogP contribution in [0.5, 0.6) is 0 Å². The molecule has 1 unspecified atom stereocenters. The molecule has 1 atom stereocenters. The van der Waals surface area contributed by atoms with E-state index in [2.05, 4.69) is 15.6 Å². The van der Waals surface area contributed by atoms with Gasteiger partial charge in [-0.05, 0) is 86.9 Å². The zero-order chi connectivity index (χ0) is 37.4. The van der Waals surface area contributed by atoms with Gasteiger partial charge in [-0.25, -0.2) is 9.78 Å². The molecule has 2 aliphatic heterocycles. The van der Waals surface area contributed by atoms with Crippen LogP contribution in [0.1, 0.15) is 75.3 Å². The first kappa shape index (κ1) is 36.5. The molecule has 1 aromatic heterocycles. The predicted molar refractivity (Wildman–Crippen MR) is 196 cm³/mol. The Balaban J connectivity index is 1.21. The lowest BCUT2D eigenvalue weighted by Crippen LogP contribution is -2.51. The minimum atomic E-state index is -0.774. The molecule has 12 nitrogen and oxygen atoms in total. The van der Waals surface area contributed by atoms with E-state index in [0.29, 0.717) is 50.3 Å². The maximum atomic E-state index is 14.4. The van der Waals surface area contributed by atoms with E-state index >= 15 is 0 Å². The summed E-state index contributed by atoms with van der Waals surface area (Å²) in [6.45, 7) is 9.99. The van der Waals surface area contributed by atoms with Crippen molar-refractivity contribution in [2.24, 2.45) is 5.41 Å². The Kier molecular flexibility index (Phi) is 9.87. The van der Waals surface area contributed by atoms with Gasteiger partial charge >= 0.3 is 6.09 Å². The first-order valence-corrected chi connectivity index (χ1v) is 17.8. The highest BCUT2D eigenvalue weighted by atomic mass is 16.6. The summed E-state index contributed by atoms with van der Waals surface area (Å²) < 4.78 is 5.55. The Labute approximate surface area is 304 Å². The molecule has 5 amide bonds. The number of piperidine rings is 1. The minimum absolute atomic E-state index is 0.0246. The number of likely N-dealkylation sites (tertiary alicyclic amines) is 1. The minimum Gasteiger partial charge on any atom is -0.444 e. The number of ether oxygens (including phenoxy) is 1. The number of aromatic nitrogens is 1. The van der Waals surface area contributed by atoms with Crippen molar-refractivity contribution in [3.8, 4) is 0 Å². The van der Waals surface area contributed by atoms with Crippen LogP contribution >= 0.6 is 0 Å². The fraction of sp³-hybridized carbons (Fsp3) is 0.450. The summed E-state index contributed by atoms with van der Waals surface area (Å²) in [5, 5.41) is 5.93. The second-order valence-corrected chi connectivity index (χ2v) is 15.7. The highest BCUT2D eigenvalue weighted by Crippen LogP contribution is 2.47. The SMILES string of the molecule is CC(=O)N1CCC(C)(C(=O)N(CC(=O)Nc2ccc3c(c2)CC2(C3)C(=O)Nc3ncccc32)Cc2ccccc2CN(C)C(=O)OC(C)(C)C)CC1. The number of carbonyl (C=O) groups excluding carboxylic acids is 5. The number of benzene rings is 2. The number of anilines is 2. The van der Waals surface area contributed by atoms with Crippen LogP contribution in [0, 0.1) is 5.41 Å².